The quantitative estimate of drug-likeness (QED) is 0.551. The van der Waals surface area contributed by atoms with E-state index in [1.165, 1.54) is 4.90 Å². The molecule has 0 spiro atoms. The highest BCUT2D eigenvalue weighted by molar-refractivity contribution is 5.96. The Kier molecular flexibility index (Phi) is 6.86. The molecule has 0 aliphatic carbocycles. The van der Waals surface area contributed by atoms with Gasteiger partial charge in [-0.15, -0.1) is 0 Å². The first kappa shape index (κ1) is 21.1. The normalized spacial score (nSPS) is 10.6. The Balaban J connectivity index is 2.05. The summed E-state index contributed by atoms with van der Waals surface area (Å²) in [6, 6.07) is 6.91. The Morgan fingerprint density at radius 2 is 1.89 bits per heavy atom. The van der Waals surface area contributed by atoms with Gasteiger partial charge in [-0.25, -0.2) is 0 Å². The van der Waals surface area contributed by atoms with E-state index in [0.717, 1.165) is 12.0 Å². The van der Waals surface area contributed by atoms with Gasteiger partial charge < -0.3 is 10.2 Å². The van der Waals surface area contributed by atoms with E-state index in [4.69, 9.17) is 0 Å². The molecule has 9 heteroatoms. The van der Waals surface area contributed by atoms with E-state index < -0.39 is 4.92 Å². The predicted molar refractivity (Wildman–Crippen MR) is 104 cm³/mol. The Bertz CT molecular complexity index is 873. The van der Waals surface area contributed by atoms with Crippen LogP contribution >= 0.6 is 0 Å². The molecule has 28 heavy (non-hydrogen) atoms. The van der Waals surface area contributed by atoms with Crippen LogP contribution < -0.4 is 5.32 Å². The van der Waals surface area contributed by atoms with E-state index in [9.17, 15) is 19.7 Å². The lowest BCUT2D eigenvalue weighted by Gasteiger charge is -2.17. The van der Waals surface area contributed by atoms with Crippen LogP contribution in [0.3, 0.4) is 0 Å². The van der Waals surface area contributed by atoms with Gasteiger partial charge in [-0.1, -0.05) is 19.1 Å². The molecule has 0 saturated heterocycles. The van der Waals surface area contributed by atoms with Crippen LogP contribution in [-0.2, 0) is 11.3 Å². The van der Waals surface area contributed by atoms with Crippen molar-refractivity contribution in [3.8, 4) is 0 Å². The van der Waals surface area contributed by atoms with E-state index >= 15 is 0 Å². The second-order valence-corrected chi connectivity index (χ2v) is 6.64. The molecule has 150 valence electrons. The van der Waals surface area contributed by atoms with Gasteiger partial charge in [0.1, 0.15) is 11.4 Å². The first-order valence-electron chi connectivity index (χ1n) is 9.04. The molecular formula is C19H25N5O4. The molecule has 0 atom stereocenters. The third kappa shape index (κ3) is 4.93. The maximum atomic E-state index is 12.5. The number of benzene rings is 1. The lowest BCUT2D eigenvalue weighted by Crippen LogP contribution is -2.38. The fourth-order valence-corrected chi connectivity index (χ4v) is 2.86. The average molecular weight is 387 g/mol. The molecule has 1 aromatic carbocycles. The molecule has 1 aromatic heterocycles. The maximum Gasteiger partial charge on any atom is 0.312 e. The van der Waals surface area contributed by atoms with E-state index in [1.807, 2.05) is 6.92 Å². The molecule has 0 saturated carbocycles. The summed E-state index contributed by atoms with van der Waals surface area (Å²) in [5, 5.41) is 18.1. The third-order valence-electron chi connectivity index (χ3n) is 4.36. The summed E-state index contributed by atoms with van der Waals surface area (Å²) in [7, 11) is 1.58. The van der Waals surface area contributed by atoms with E-state index in [1.54, 1.807) is 49.8 Å². The minimum absolute atomic E-state index is 0.00396. The van der Waals surface area contributed by atoms with Crippen molar-refractivity contribution in [1.82, 2.24) is 20.0 Å². The minimum Gasteiger partial charge on any atom is -0.355 e. The highest BCUT2D eigenvalue weighted by Gasteiger charge is 2.21. The lowest BCUT2D eigenvalue weighted by atomic mass is 10.1. The summed E-state index contributed by atoms with van der Waals surface area (Å²) in [5.41, 5.74) is 2.21. The van der Waals surface area contributed by atoms with Gasteiger partial charge in [0.25, 0.3) is 5.91 Å². The highest BCUT2D eigenvalue weighted by atomic mass is 16.6. The van der Waals surface area contributed by atoms with Gasteiger partial charge in [0.15, 0.2) is 0 Å². The number of hydrogen-bond donors (Lipinski definition) is 1. The van der Waals surface area contributed by atoms with Crippen molar-refractivity contribution < 1.29 is 14.5 Å². The Hall–Kier alpha value is -3.23. The van der Waals surface area contributed by atoms with Crippen molar-refractivity contribution in [2.45, 2.75) is 33.7 Å². The predicted octanol–water partition coefficient (Wildman–Crippen LogP) is 2.05. The highest BCUT2D eigenvalue weighted by Crippen LogP contribution is 2.22. The molecular weight excluding hydrogens is 362 g/mol. The van der Waals surface area contributed by atoms with Crippen molar-refractivity contribution >= 4 is 17.5 Å². The largest absolute Gasteiger partial charge is 0.355 e. The molecule has 1 heterocycles. The zero-order chi connectivity index (χ0) is 20.8. The van der Waals surface area contributed by atoms with Gasteiger partial charge in [-0.3, -0.25) is 24.4 Å². The van der Waals surface area contributed by atoms with E-state index in [0.29, 0.717) is 30.0 Å². The molecule has 0 radical (unpaired) electrons. The monoisotopic (exact) mass is 387 g/mol. The summed E-state index contributed by atoms with van der Waals surface area (Å²) in [4.78, 5) is 36.3. The second kappa shape index (κ2) is 9.12. The van der Waals surface area contributed by atoms with Crippen LogP contribution in [0.2, 0.25) is 0 Å². The number of likely N-dealkylation sites (N-methyl/N-ethyl adjacent to an activating group) is 1. The van der Waals surface area contributed by atoms with Gasteiger partial charge in [0.2, 0.25) is 5.91 Å². The summed E-state index contributed by atoms with van der Waals surface area (Å²) in [6.07, 6.45) is 0.837. The fraction of sp³-hybridized carbons (Fsp3) is 0.421. The number of amides is 2. The molecule has 0 bridgehead atoms. The molecule has 2 amide bonds. The fourth-order valence-electron chi connectivity index (χ4n) is 2.86. The smallest absolute Gasteiger partial charge is 0.312 e. The number of nitrogens with zero attached hydrogens (tertiary/aromatic N) is 4. The number of rotatable bonds is 8. The molecule has 2 aromatic rings. The van der Waals surface area contributed by atoms with Crippen LogP contribution in [0.5, 0.6) is 0 Å². The van der Waals surface area contributed by atoms with Gasteiger partial charge in [-0.05, 0) is 38.0 Å². The molecule has 2 rings (SSSR count). The Labute approximate surface area is 163 Å². The molecule has 0 aliphatic heterocycles. The first-order valence-corrected chi connectivity index (χ1v) is 9.04. The van der Waals surface area contributed by atoms with Crippen LogP contribution in [0.4, 0.5) is 5.69 Å². The zero-order valence-corrected chi connectivity index (χ0v) is 16.6. The summed E-state index contributed by atoms with van der Waals surface area (Å²) in [6.45, 7) is 6.17. The molecule has 0 aliphatic rings. The van der Waals surface area contributed by atoms with Gasteiger partial charge in [0, 0.05) is 19.2 Å². The maximum absolute atomic E-state index is 12.5. The number of hydrogen-bond acceptors (Lipinski definition) is 5. The second-order valence-electron chi connectivity index (χ2n) is 6.64. The number of carbonyl (C=O) groups is 2. The van der Waals surface area contributed by atoms with Gasteiger partial charge in [0.05, 0.1) is 18.0 Å². The number of aryl methyl sites for hydroxylation is 1. The standard InChI is InChI=1S/C19H25N5O4/c1-5-10-20-17(25)12-22(4)19(26)16-8-6-15(7-9-16)11-23-14(3)18(24(27)28)13(2)21-23/h6-9H,5,10-12H2,1-4H3,(H,20,25). The number of aromatic nitrogens is 2. The SMILES string of the molecule is CCCNC(=O)CN(C)C(=O)c1ccc(Cn2nc(C)c([N+](=O)[O-])c2C)cc1. The molecule has 0 fully saturated rings. The van der Waals surface area contributed by atoms with Crippen LogP contribution in [0.25, 0.3) is 0 Å². The summed E-state index contributed by atoms with van der Waals surface area (Å²) in [5.74, 6) is -0.444. The first-order chi connectivity index (χ1) is 13.2. The van der Waals surface area contributed by atoms with Crippen molar-refractivity contribution in [1.29, 1.82) is 0 Å². The van der Waals surface area contributed by atoms with Gasteiger partial charge >= 0.3 is 5.69 Å². The number of nitrogens with one attached hydrogen (secondary N) is 1. The van der Waals surface area contributed by atoms with Crippen LogP contribution in [0, 0.1) is 24.0 Å². The molecule has 1 N–H and O–H groups in total. The summed E-state index contributed by atoms with van der Waals surface area (Å²) >= 11 is 0. The van der Waals surface area contributed by atoms with Crippen molar-refractivity contribution in [2.75, 3.05) is 20.1 Å². The number of carbonyl (C=O) groups excluding carboxylic acids is 2. The Morgan fingerprint density at radius 1 is 1.25 bits per heavy atom. The number of nitro groups is 1. The van der Waals surface area contributed by atoms with Crippen LogP contribution in [0.15, 0.2) is 24.3 Å². The van der Waals surface area contributed by atoms with Gasteiger partial charge in [-0.2, -0.15) is 5.10 Å². The Morgan fingerprint density at radius 3 is 2.43 bits per heavy atom. The third-order valence-corrected chi connectivity index (χ3v) is 4.36. The van der Waals surface area contributed by atoms with E-state index in [-0.39, 0.29) is 24.0 Å². The van der Waals surface area contributed by atoms with Crippen LogP contribution in [0.1, 0.15) is 40.7 Å². The topological polar surface area (TPSA) is 110 Å². The summed E-state index contributed by atoms with van der Waals surface area (Å²) < 4.78 is 1.58. The lowest BCUT2D eigenvalue weighted by molar-refractivity contribution is -0.386. The zero-order valence-electron chi connectivity index (χ0n) is 16.6. The van der Waals surface area contributed by atoms with Crippen molar-refractivity contribution in [2.24, 2.45) is 0 Å². The average Bonchev–Trinajstić information content (AvgIpc) is 2.93. The minimum atomic E-state index is -0.428. The van der Waals surface area contributed by atoms with Crippen molar-refractivity contribution in [3.63, 3.8) is 0 Å². The molecule has 9 nitrogen and oxygen atoms in total. The van der Waals surface area contributed by atoms with Crippen molar-refractivity contribution in [3.05, 3.63) is 56.9 Å². The van der Waals surface area contributed by atoms with Crippen LogP contribution in [-0.4, -0.2) is 51.6 Å². The van der Waals surface area contributed by atoms with E-state index in [2.05, 4.69) is 10.4 Å². The molecule has 0 unspecified atom stereocenters.